The lowest BCUT2D eigenvalue weighted by Gasteiger charge is -2.10. The van der Waals surface area contributed by atoms with Crippen molar-refractivity contribution >= 4 is 5.97 Å². The molecule has 2 aromatic carbocycles. The van der Waals surface area contributed by atoms with Crippen molar-refractivity contribution in [1.29, 1.82) is 0 Å². The summed E-state index contributed by atoms with van der Waals surface area (Å²) >= 11 is 0. The van der Waals surface area contributed by atoms with E-state index in [2.05, 4.69) is 17.3 Å². The maximum Gasteiger partial charge on any atom is 0.357 e. The monoisotopic (exact) mass is 323 g/mol. The fourth-order valence-corrected chi connectivity index (χ4v) is 1.83. The average molecular weight is 323 g/mol. The Labute approximate surface area is 139 Å². The van der Waals surface area contributed by atoms with Gasteiger partial charge in [-0.25, -0.2) is 10.6 Å². The Kier molecular flexibility index (Phi) is 5.83. The van der Waals surface area contributed by atoms with Crippen LogP contribution >= 0.6 is 0 Å². The lowest BCUT2D eigenvalue weighted by molar-refractivity contribution is -0.132. The number of hydrogen-bond donors (Lipinski definition) is 4. The van der Waals surface area contributed by atoms with Gasteiger partial charge in [-0.2, -0.15) is 0 Å². The van der Waals surface area contributed by atoms with Gasteiger partial charge in [-0.15, -0.1) is 0 Å². The topological polar surface area (TPSA) is 111 Å². The van der Waals surface area contributed by atoms with Crippen LogP contribution in [-0.4, -0.2) is 11.1 Å². The molecule has 0 bridgehead atoms. The zero-order valence-corrected chi connectivity index (χ0v) is 12.8. The van der Waals surface area contributed by atoms with Crippen LogP contribution in [-0.2, 0) is 11.2 Å². The molecule has 0 amide bonds. The number of carboxylic acids is 1. The summed E-state index contributed by atoms with van der Waals surface area (Å²) in [5.41, 5.74) is 8.94. The smallest absolute Gasteiger partial charge is 0.357 e. The third kappa shape index (κ3) is 4.80. The zero-order valence-electron chi connectivity index (χ0n) is 12.8. The third-order valence-corrected chi connectivity index (χ3v) is 3.05. The van der Waals surface area contributed by atoms with Crippen molar-refractivity contribution in [3.05, 3.63) is 77.3 Å². The van der Waals surface area contributed by atoms with Crippen molar-refractivity contribution in [2.75, 3.05) is 0 Å². The quantitative estimate of drug-likeness (QED) is 0.217. The number of aliphatic carboxylic acids is 1. The van der Waals surface area contributed by atoms with Crippen LogP contribution < -0.4 is 21.7 Å². The van der Waals surface area contributed by atoms with Gasteiger partial charge in [0.1, 0.15) is 5.75 Å². The molecule has 0 aliphatic carbocycles. The van der Waals surface area contributed by atoms with Crippen molar-refractivity contribution in [3.63, 3.8) is 0 Å². The molecule has 0 radical (unpaired) electrons. The number of hydrazine groups is 1. The highest BCUT2D eigenvalue weighted by molar-refractivity contribution is 5.85. The Morgan fingerprint density at radius 1 is 1.12 bits per heavy atom. The molecule has 6 N–H and O–H groups in total. The average Bonchev–Trinajstić information content (AvgIpc) is 2.61. The van der Waals surface area contributed by atoms with Gasteiger partial charge < -0.3 is 15.6 Å². The Morgan fingerprint density at radius 2 is 1.79 bits per heavy atom. The molecule has 0 saturated carbocycles. The molecule has 2 rings (SSSR count). The number of benzene rings is 2. The van der Waals surface area contributed by atoms with E-state index in [0.717, 1.165) is 11.1 Å². The first-order chi connectivity index (χ1) is 11.6. The molecule has 0 atom stereocenters. The van der Waals surface area contributed by atoms with Crippen molar-refractivity contribution in [1.82, 2.24) is 5.43 Å². The lowest BCUT2D eigenvalue weighted by atomic mass is 10.1. The highest BCUT2D eigenvalue weighted by Gasteiger charge is 2.11. The molecule has 122 valence electrons. The molecule has 6 heteroatoms. The van der Waals surface area contributed by atoms with Crippen LogP contribution in [0.4, 0.5) is 0 Å². The van der Waals surface area contributed by atoms with Crippen molar-refractivity contribution < 1.29 is 14.6 Å². The number of carboxylic acid groups (broad SMARTS) is 1. The summed E-state index contributed by atoms with van der Waals surface area (Å²) in [6, 6.07) is 16.8. The molecule has 0 fully saturated rings. The number of ether oxygens (including phenoxy) is 1. The summed E-state index contributed by atoms with van der Waals surface area (Å²) in [5, 5.41) is 8.82. The predicted molar refractivity (Wildman–Crippen MR) is 90.3 cm³/mol. The summed E-state index contributed by atoms with van der Waals surface area (Å²) in [5.74, 6) is 10.2. The molecular formula is C18H17N3O3. The summed E-state index contributed by atoms with van der Waals surface area (Å²) in [4.78, 5) is 10.8. The largest absolute Gasteiger partial charge is 0.476 e. The van der Waals surface area contributed by atoms with Gasteiger partial charge in [-0.1, -0.05) is 42.2 Å². The second-order valence-corrected chi connectivity index (χ2v) is 4.78. The summed E-state index contributed by atoms with van der Waals surface area (Å²) in [6.07, 6.45) is 0.665. The van der Waals surface area contributed by atoms with Crippen molar-refractivity contribution in [2.24, 2.45) is 11.6 Å². The van der Waals surface area contributed by atoms with Gasteiger partial charge in [0.25, 0.3) is 0 Å². The first kappa shape index (κ1) is 16.9. The molecule has 0 aliphatic rings. The van der Waals surface area contributed by atoms with Crippen molar-refractivity contribution in [3.8, 4) is 17.6 Å². The van der Waals surface area contributed by atoms with E-state index in [0.29, 0.717) is 12.2 Å². The van der Waals surface area contributed by atoms with Gasteiger partial charge in [-0.3, -0.25) is 5.43 Å². The second kappa shape index (κ2) is 8.27. The van der Waals surface area contributed by atoms with E-state index in [4.69, 9.17) is 21.4 Å². The summed E-state index contributed by atoms with van der Waals surface area (Å²) in [6.45, 7) is 0. The van der Waals surface area contributed by atoms with Crippen LogP contribution in [0.15, 0.2) is 66.2 Å². The van der Waals surface area contributed by atoms with E-state index >= 15 is 0 Å². The standard InChI is InChI=1S/C18H17N3O3/c19-16(18(22)23)17(21-20)24-15-11-9-14(10-12-15)8-4-7-13-5-2-1-3-6-13/h1-3,5-6,9-12,21H,7,19-20H2,(H,22,23)/b17-16+. The van der Waals surface area contributed by atoms with Gasteiger partial charge in [0, 0.05) is 12.0 Å². The van der Waals surface area contributed by atoms with Crippen LogP contribution in [0, 0.1) is 11.8 Å². The number of hydrogen-bond acceptors (Lipinski definition) is 5. The maximum atomic E-state index is 10.8. The summed E-state index contributed by atoms with van der Waals surface area (Å²) in [7, 11) is 0. The Balaban J connectivity index is 2.03. The highest BCUT2D eigenvalue weighted by Crippen LogP contribution is 2.14. The van der Waals surface area contributed by atoms with Crippen LogP contribution in [0.2, 0.25) is 0 Å². The van der Waals surface area contributed by atoms with Gasteiger partial charge in [0.15, 0.2) is 5.70 Å². The number of rotatable bonds is 5. The van der Waals surface area contributed by atoms with E-state index in [1.807, 2.05) is 30.3 Å². The molecule has 24 heavy (non-hydrogen) atoms. The Bertz CT molecular complexity index is 788. The zero-order chi connectivity index (χ0) is 17.4. The van der Waals surface area contributed by atoms with Crippen molar-refractivity contribution in [2.45, 2.75) is 6.42 Å². The fraction of sp³-hybridized carbons (Fsp3) is 0.0556. The highest BCUT2D eigenvalue weighted by atomic mass is 16.5. The number of nitrogens with two attached hydrogens (primary N) is 2. The molecule has 2 aromatic rings. The summed E-state index contributed by atoms with van der Waals surface area (Å²) < 4.78 is 5.31. The minimum absolute atomic E-state index is 0.231. The molecule has 0 spiro atoms. The minimum Gasteiger partial charge on any atom is -0.476 e. The molecule has 0 unspecified atom stereocenters. The molecular weight excluding hydrogens is 306 g/mol. The third-order valence-electron chi connectivity index (χ3n) is 3.05. The van der Waals surface area contributed by atoms with E-state index < -0.39 is 11.7 Å². The molecule has 0 saturated heterocycles. The lowest BCUT2D eigenvalue weighted by Crippen LogP contribution is -2.31. The molecule has 6 nitrogen and oxygen atoms in total. The van der Waals surface area contributed by atoms with Crippen LogP contribution in [0.1, 0.15) is 11.1 Å². The van der Waals surface area contributed by atoms with Gasteiger partial charge in [0.05, 0.1) is 0 Å². The minimum atomic E-state index is -1.33. The Morgan fingerprint density at radius 3 is 2.38 bits per heavy atom. The van der Waals surface area contributed by atoms with E-state index in [9.17, 15) is 4.79 Å². The number of nitrogens with one attached hydrogen (secondary N) is 1. The van der Waals surface area contributed by atoms with E-state index in [-0.39, 0.29) is 5.88 Å². The fourth-order valence-electron chi connectivity index (χ4n) is 1.83. The van der Waals surface area contributed by atoms with Crippen LogP contribution in [0.3, 0.4) is 0 Å². The predicted octanol–water partition coefficient (Wildman–Crippen LogP) is 1.34. The van der Waals surface area contributed by atoms with Gasteiger partial charge in [0.2, 0.25) is 5.88 Å². The second-order valence-electron chi connectivity index (χ2n) is 4.78. The first-order valence-corrected chi connectivity index (χ1v) is 7.10. The first-order valence-electron chi connectivity index (χ1n) is 7.10. The molecule has 0 heterocycles. The van der Waals surface area contributed by atoms with E-state index in [1.165, 1.54) is 0 Å². The number of carbonyl (C=O) groups is 1. The SMILES string of the molecule is NN/C(Oc1ccc(C#CCc2ccccc2)cc1)=C(\N)C(=O)O. The Hall–Kier alpha value is -3.43. The normalized spacial score (nSPS) is 10.9. The van der Waals surface area contributed by atoms with Gasteiger partial charge >= 0.3 is 5.97 Å². The van der Waals surface area contributed by atoms with Gasteiger partial charge in [-0.05, 0) is 29.8 Å². The molecule has 0 aromatic heterocycles. The van der Waals surface area contributed by atoms with Crippen LogP contribution in [0.5, 0.6) is 5.75 Å². The molecule has 0 aliphatic heterocycles. The van der Waals surface area contributed by atoms with E-state index in [1.54, 1.807) is 24.3 Å². The van der Waals surface area contributed by atoms with Crippen LogP contribution in [0.25, 0.3) is 0 Å². The maximum absolute atomic E-state index is 10.8.